The number of rotatable bonds is 7. The summed E-state index contributed by atoms with van der Waals surface area (Å²) in [4.78, 5) is 0. The minimum absolute atomic E-state index is 0.00283. The first-order valence-electron chi connectivity index (χ1n) is 26.7. The molecule has 472 valence electrons. The Kier molecular flexibility index (Phi) is 13.6. The number of fused-ring (bicyclic) bond motifs is 9. The Morgan fingerprint density at radius 3 is 0.681 bits per heavy atom. The Labute approximate surface area is 506 Å². The first kappa shape index (κ1) is 60.7. The number of hydrogen-bond donors (Lipinski definition) is 0. The minimum Gasteiger partial charge on any atom is -0.309 e. The van der Waals surface area contributed by atoms with E-state index in [-0.39, 0.29) is 54.8 Å². The molecular formula is C67H21F24N3. The van der Waals surface area contributed by atoms with Gasteiger partial charge in [-0.3, -0.25) is 0 Å². The maximum Gasteiger partial charge on any atom is 0.200 e. The van der Waals surface area contributed by atoms with E-state index in [1.807, 2.05) is 0 Å². The van der Waals surface area contributed by atoms with Crippen molar-refractivity contribution in [2.75, 3.05) is 0 Å². The quantitative estimate of drug-likeness (QED) is 0.0858. The summed E-state index contributed by atoms with van der Waals surface area (Å²) in [6.45, 7) is 0.722. The summed E-state index contributed by atoms with van der Waals surface area (Å²) in [6.07, 6.45) is 0. The molecular weight excluding hydrogens is 1300 g/mol. The molecule has 27 heteroatoms. The highest BCUT2D eigenvalue weighted by atomic mass is 19.2. The molecule has 0 fully saturated rings. The lowest BCUT2D eigenvalue weighted by Gasteiger charge is -2.13. The molecule has 0 bridgehead atoms. The molecule has 3 aromatic heterocycles. The third kappa shape index (κ3) is 8.26. The average Bonchev–Trinajstić information content (AvgIpc) is 1.56. The molecule has 3 nitrogen and oxygen atoms in total. The van der Waals surface area contributed by atoms with Crippen LogP contribution in [0, 0.1) is 147 Å². The maximum atomic E-state index is 15.9. The molecule has 0 spiro atoms. The van der Waals surface area contributed by atoms with E-state index in [1.165, 1.54) is 47.0 Å². The van der Waals surface area contributed by atoms with Gasteiger partial charge < -0.3 is 13.7 Å². The molecule has 0 aliphatic rings. The molecule has 94 heavy (non-hydrogen) atoms. The van der Waals surface area contributed by atoms with Gasteiger partial charge in [0.15, 0.2) is 116 Å². The van der Waals surface area contributed by atoms with Gasteiger partial charge in [-0.1, -0.05) is 30.3 Å². The van der Waals surface area contributed by atoms with Crippen LogP contribution in [0.1, 0.15) is 5.56 Å². The average molecular weight is 1320 g/mol. The van der Waals surface area contributed by atoms with Crippen LogP contribution >= 0.6 is 0 Å². The fraction of sp³-hybridized carbons (Fsp3) is 0.0149. The van der Waals surface area contributed by atoms with E-state index in [0.717, 1.165) is 67.6 Å². The molecule has 3 heterocycles. The molecule has 0 aliphatic heterocycles. The molecule has 0 aliphatic carbocycles. The Morgan fingerprint density at radius 2 is 0.394 bits per heavy atom. The van der Waals surface area contributed by atoms with Crippen LogP contribution in [0.5, 0.6) is 0 Å². The Hall–Kier alpha value is -10.9. The summed E-state index contributed by atoms with van der Waals surface area (Å²) in [5, 5.41) is -1.51. The van der Waals surface area contributed by atoms with Crippen LogP contribution in [0.4, 0.5) is 105 Å². The molecule has 0 N–H and O–H groups in total. The van der Waals surface area contributed by atoms with Gasteiger partial charge >= 0.3 is 0 Å². The molecule has 11 aromatic carbocycles. The third-order valence-corrected chi connectivity index (χ3v) is 16.5. The summed E-state index contributed by atoms with van der Waals surface area (Å²) in [5.74, 6) is -55.8. The zero-order valence-electron chi connectivity index (χ0n) is 45.8. The summed E-state index contributed by atoms with van der Waals surface area (Å²) in [6, 6.07) is 18.6. The predicted octanol–water partition coefficient (Wildman–Crippen LogP) is 21.3. The fourth-order valence-electron chi connectivity index (χ4n) is 12.1. The van der Waals surface area contributed by atoms with Crippen molar-refractivity contribution in [1.82, 2.24) is 13.7 Å². The highest BCUT2D eigenvalue weighted by Gasteiger charge is 2.35. The zero-order valence-corrected chi connectivity index (χ0v) is 45.8. The van der Waals surface area contributed by atoms with Crippen LogP contribution in [0.3, 0.4) is 0 Å². The lowest BCUT2D eigenvalue weighted by molar-refractivity contribution is 0.376. The van der Waals surface area contributed by atoms with Gasteiger partial charge in [0.05, 0.1) is 49.8 Å². The van der Waals surface area contributed by atoms with Crippen molar-refractivity contribution in [2.24, 2.45) is 0 Å². The minimum atomic E-state index is -2.58. The Morgan fingerprint density at radius 1 is 0.191 bits per heavy atom. The fourth-order valence-corrected chi connectivity index (χ4v) is 12.1. The second-order valence-corrected chi connectivity index (χ2v) is 21.4. The maximum absolute atomic E-state index is 15.9. The Balaban J connectivity index is 1.05. The van der Waals surface area contributed by atoms with E-state index in [4.69, 9.17) is 0 Å². The molecule has 0 saturated carbocycles. The van der Waals surface area contributed by atoms with Crippen molar-refractivity contribution in [3.63, 3.8) is 0 Å². The van der Waals surface area contributed by atoms with Crippen molar-refractivity contribution in [3.8, 4) is 61.6 Å². The largest absolute Gasteiger partial charge is 0.309 e. The van der Waals surface area contributed by atoms with Crippen molar-refractivity contribution < 1.29 is 105 Å². The van der Waals surface area contributed by atoms with Crippen LogP contribution in [-0.2, 0) is 0 Å². The van der Waals surface area contributed by atoms with Gasteiger partial charge in [0.25, 0.3) is 0 Å². The third-order valence-electron chi connectivity index (χ3n) is 16.5. The van der Waals surface area contributed by atoms with Gasteiger partial charge in [0.2, 0.25) is 23.3 Å². The lowest BCUT2D eigenvalue weighted by atomic mass is 9.98. The van der Waals surface area contributed by atoms with Crippen molar-refractivity contribution in [3.05, 3.63) is 254 Å². The molecule has 0 amide bonds. The number of halogens is 24. The highest BCUT2D eigenvalue weighted by molar-refractivity contribution is 6.15. The lowest BCUT2D eigenvalue weighted by Crippen LogP contribution is -2.09. The molecule has 14 aromatic rings. The van der Waals surface area contributed by atoms with Gasteiger partial charge in [-0.2, -0.15) is 0 Å². The Bertz CT molecular complexity index is 5680. The zero-order chi connectivity index (χ0) is 67.2. The second kappa shape index (κ2) is 21.1. The number of nitrogens with zero attached hydrogens (tertiary/aromatic N) is 3. The van der Waals surface area contributed by atoms with E-state index in [0.29, 0.717) is 15.2 Å². The van der Waals surface area contributed by atoms with E-state index >= 15 is 61.5 Å². The van der Waals surface area contributed by atoms with Crippen molar-refractivity contribution in [1.29, 1.82) is 0 Å². The summed E-state index contributed by atoms with van der Waals surface area (Å²) >= 11 is 0. The normalized spacial score (nSPS) is 12.1. The topological polar surface area (TPSA) is 14.8 Å². The second-order valence-electron chi connectivity index (χ2n) is 21.4. The van der Waals surface area contributed by atoms with Gasteiger partial charge in [0, 0.05) is 43.6 Å². The monoisotopic (exact) mass is 1320 g/mol. The molecule has 0 saturated heterocycles. The van der Waals surface area contributed by atoms with E-state index in [1.54, 1.807) is 0 Å². The summed E-state index contributed by atoms with van der Waals surface area (Å²) in [7, 11) is 0. The van der Waals surface area contributed by atoms with E-state index < -0.39 is 217 Å². The molecule has 0 atom stereocenters. The highest BCUT2D eigenvalue weighted by Crippen LogP contribution is 2.46. The van der Waals surface area contributed by atoms with Crippen LogP contribution in [0.2, 0.25) is 0 Å². The first-order valence-corrected chi connectivity index (χ1v) is 26.7. The first-order chi connectivity index (χ1) is 44.6. The van der Waals surface area contributed by atoms with Crippen molar-refractivity contribution in [2.45, 2.75) is 6.92 Å². The predicted molar refractivity (Wildman–Crippen MR) is 295 cm³/mol. The van der Waals surface area contributed by atoms with Gasteiger partial charge in [-0.15, -0.1) is 0 Å². The van der Waals surface area contributed by atoms with Gasteiger partial charge in [0.1, 0.15) is 11.4 Å². The summed E-state index contributed by atoms with van der Waals surface area (Å²) < 4.78 is 367. The van der Waals surface area contributed by atoms with Gasteiger partial charge in [-0.25, -0.2) is 105 Å². The van der Waals surface area contributed by atoms with E-state index in [2.05, 4.69) is 0 Å². The van der Waals surface area contributed by atoms with Crippen molar-refractivity contribution >= 4 is 65.4 Å². The van der Waals surface area contributed by atoms with Crippen LogP contribution < -0.4 is 0 Å². The van der Waals surface area contributed by atoms with Crippen LogP contribution in [0.15, 0.2) is 109 Å². The number of benzene rings is 11. The standard InChI is InChI=1S/C67H21F24N3/c1-20-42(68)44(70)39(45(71)43(20)69)23-5-12-37-31(18-23)32-19-26(7-13-38(32)94(37)67-64(90)60(86)57(83)61(87)65(67)91)92-33-8-2-21(14-27(33)29-16-24(4-10-34(29)92)40-46(72)50(76)54(80)51(77)47(40)73)22-3-9-35-28(15-22)30-17-25(41-48(74)52(78)55(81)53(79)49(41)75)6-11-36(30)93(35)66-62(88)58(84)56(82)59(85)63(66)89/h2-19H,1H3. The van der Waals surface area contributed by atoms with E-state index in [9.17, 15) is 43.9 Å². The molecule has 0 radical (unpaired) electrons. The van der Waals surface area contributed by atoms with Crippen LogP contribution in [-0.4, -0.2) is 13.7 Å². The van der Waals surface area contributed by atoms with Gasteiger partial charge in [-0.05, 0) is 114 Å². The summed E-state index contributed by atoms with van der Waals surface area (Å²) in [5.41, 5.74) is -12.6. The number of aromatic nitrogens is 3. The number of hydrogen-bond acceptors (Lipinski definition) is 0. The molecule has 0 unspecified atom stereocenters. The smallest absolute Gasteiger partial charge is 0.200 e. The molecule has 14 rings (SSSR count). The van der Waals surface area contributed by atoms with Crippen LogP contribution in [0.25, 0.3) is 127 Å². The SMILES string of the molecule is Cc1c(F)c(F)c(-c2ccc3c(c2)c2cc(-n4c5ccc(-c6ccc7c(c6)c6cc(-c8c(F)c(F)c(F)c(F)c8F)ccc6n7-c6c(F)c(F)c(F)c(F)c6F)cc5c5cc(-c6c(F)c(F)c(F)c(F)c6F)ccc54)ccc2n3-c2c(F)c(F)c(F)c(F)c2F)c(F)c1F.